The Hall–Kier alpha value is -3.97. The summed E-state index contributed by atoms with van der Waals surface area (Å²) in [6.07, 6.45) is 2.14. The van der Waals surface area contributed by atoms with Gasteiger partial charge in [0.1, 0.15) is 11.4 Å². The number of nitrogens with two attached hydrogens (primary N) is 1. The second-order valence-electron chi connectivity index (χ2n) is 12.6. The number of Topliss-reactive ketones (excluding diaryl/α,β-unsaturated/α-hetero) is 1. The molecule has 0 saturated heterocycles. The second-order valence-corrected chi connectivity index (χ2v) is 12.6. The van der Waals surface area contributed by atoms with Crippen LogP contribution in [0.15, 0.2) is 77.7 Å². The molecule has 0 aromatic heterocycles. The van der Waals surface area contributed by atoms with Crippen molar-refractivity contribution in [3.63, 3.8) is 0 Å². The summed E-state index contributed by atoms with van der Waals surface area (Å²) in [5.41, 5.74) is 10.1. The van der Waals surface area contributed by atoms with Gasteiger partial charge in [0.2, 0.25) is 0 Å². The topological polar surface area (TPSA) is 119 Å². The van der Waals surface area contributed by atoms with Crippen LogP contribution in [0.25, 0.3) is 5.57 Å². The second kappa shape index (κ2) is 11.4. The largest absolute Gasteiger partial charge is 0.512 e. The zero-order valence-electron chi connectivity index (χ0n) is 25.8. The van der Waals surface area contributed by atoms with Gasteiger partial charge in [-0.25, -0.2) is 0 Å². The molecule has 0 spiro atoms. The quantitative estimate of drug-likeness (QED) is 0.194. The van der Waals surface area contributed by atoms with Crippen LogP contribution in [0.5, 0.6) is 5.75 Å². The average molecular weight is 572 g/mol. The Labute approximate surface area is 249 Å². The van der Waals surface area contributed by atoms with Crippen molar-refractivity contribution in [3.05, 3.63) is 94.4 Å². The lowest BCUT2D eigenvalue weighted by Gasteiger charge is -2.49. The average Bonchev–Trinajstić information content (AvgIpc) is 2.88. The lowest BCUT2D eigenvalue weighted by atomic mass is 9.57. The molecule has 42 heavy (non-hydrogen) atoms. The molecule has 0 radical (unpaired) electrons. The molecule has 7 heteroatoms. The smallest absolute Gasteiger partial charge is 0.196 e. The number of carbonyl (C=O) groups is 1. The van der Waals surface area contributed by atoms with Gasteiger partial charge in [-0.1, -0.05) is 56.0 Å². The van der Waals surface area contributed by atoms with Crippen LogP contribution in [-0.2, 0) is 17.6 Å². The van der Waals surface area contributed by atoms with E-state index in [0.29, 0.717) is 53.8 Å². The van der Waals surface area contributed by atoms with Crippen LogP contribution in [0.3, 0.4) is 0 Å². The highest BCUT2D eigenvalue weighted by Crippen LogP contribution is 2.55. The first-order valence-electron chi connectivity index (χ1n) is 14.5. The molecule has 0 saturated carbocycles. The molecule has 0 amide bonds. The monoisotopic (exact) mass is 571 g/mol. The van der Waals surface area contributed by atoms with Crippen LogP contribution in [-0.4, -0.2) is 47.3 Å². The molecular weight excluding hydrogens is 526 g/mol. The minimum Gasteiger partial charge on any atom is -0.512 e. The lowest BCUT2D eigenvalue weighted by molar-refractivity contribution is -0.149. The third kappa shape index (κ3) is 5.34. The van der Waals surface area contributed by atoms with E-state index in [1.54, 1.807) is 13.8 Å². The zero-order valence-corrected chi connectivity index (χ0v) is 25.8. The lowest BCUT2D eigenvalue weighted by Crippen LogP contribution is -2.55. The van der Waals surface area contributed by atoms with Crippen LogP contribution < -0.4 is 16.0 Å². The van der Waals surface area contributed by atoms with Crippen molar-refractivity contribution in [3.8, 4) is 5.75 Å². The molecule has 0 aliphatic heterocycles. The predicted octanol–water partition coefficient (Wildman–Crippen LogP) is 6.04. The summed E-state index contributed by atoms with van der Waals surface area (Å²) in [4.78, 5) is 15.5. The number of anilines is 2. The number of phenolic OH excluding ortho intramolecular Hbond substituents is 1. The number of phenols is 1. The van der Waals surface area contributed by atoms with E-state index in [-0.39, 0.29) is 23.1 Å². The normalized spacial score (nSPS) is 25.3. The molecule has 4 rings (SSSR count). The number of aliphatic hydroxyl groups is 2. The van der Waals surface area contributed by atoms with Crippen molar-refractivity contribution in [2.45, 2.75) is 59.0 Å². The molecule has 2 aliphatic carbocycles. The van der Waals surface area contributed by atoms with E-state index >= 15 is 0 Å². The van der Waals surface area contributed by atoms with Gasteiger partial charge in [0.05, 0.1) is 11.4 Å². The fourth-order valence-electron chi connectivity index (χ4n) is 6.96. The summed E-state index contributed by atoms with van der Waals surface area (Å²) in [5, 5.41) is 37.6. The summed E-state index contributed by atoms with van der Waals surface area (Å²) in [6, 6.07) is 12.1. The van der Waals surface area contributed by atoms with Crippen LogP contribution >= 0.6 is 0 Å². The number of fused-ring (bicyclic) bond motifs is 1. The van der Waals surface area contributed by atoms with E-state index in [0.717, 1.165) is 23.2 Å². The molecule has 1 unspecified atom stereocenters. The van der Waals surface area contributed by atoms with E-state index in [2.05, 4.69) is 30.6 Å². The van der Waals surface area contributed by atoms with Crippen molar-refractivity contribution in [2.24, 2.45) is 17.1 Å². The molecule has 0 bridgehead atoms. The maximum atomic E-state index is 13.5. The third-order valence-corrected chi connectivity index (χ3v) is 9.26. The van der Waals surface area contributed by atoms with Gasteiger partial charge in [-0.15, -0.1) is 0 Å². The number of rotatable bonds is 8. The number of benzene rings is 2. The number of allylic oxidation sites excluding steroid dienone is 5. The van der Waals surface area contributed by atoms with Crippen molar-refractivity contribution in [1.29, 1.82) is 0 Å². The Morgan fingerprint density at radius 1 is 1.21 bits per heavy atom. The standard InChI is InChI=1S/C35H45N3O4/c1-20-18-34(5,35(6,42)33(41)29(20)22(3)36)19-25-16-26-28(38(7)8)17-27(37-15-14-24-12-10-9-11-13-24)32(40)31(26)21(2)30(25)23(4)39/h9-13,17,25,37,39-40,42H,2-3,14-16,18-19,36H2,1,4-8H3/b30-23+/t25?,34-,35+/m1/s1. The highest BCUT2D eigenvalue weighted by Gasteiger charge is 2.54. The molecule has 6 N–H and O–H groups in total. The summed E-state index contributed by atoms with van der Waals surface area (Å²) in [5.74, 6) is -0.482. The highest BCUT2D eigenvalue weighted by atomic mass is 16.3. The molecule has 3 atom stereocenters. The van der Waals surface area contributed by atoms with Crippen molar-refractivity contribution in [2.75, 3.05) is 30.9 Å². The minimum atomic E-state index is -1.70. The fraction of sp³-hybridized carbons (Fsp3) is 0.400. The number of ketones is 1. The van der Waals surface area contributed by atoms with Gasteiger partial charge in [-0.2, -0.15) is 0 Å². The number of aromatic hydroxyl groups is 1. The van der Waals surface area contributed by atoms with Crippen molar-refractivity contribution in [1.82, 2.24) is 0 Å². The van der Waals surface area contributed by atoms with Crippen LogP contribution in [0.1, 0.15) is 57.2 Å². The first-order valence-corrected chi connectivity index (χ1v) is 14.5. The maximum Gasteiger partial charge on any atom is 0.196 e. The molecule has 2 aliphatic rings. The highest BCUT2D eigenvalue weighted by molar-refractivity contribution is 6.07. The zero-order chi connectivity index (χ0) is 31.1. The van der Waals surface area contributed by atoms with Gasteiger partial charge >= 0.3 is 0 Å². The van der Waals surface area contributed by atoms with Crippen LogP contribution in [0, 0.1) is 11.3 Å². The van der Waals surface area contributed by atoms with Crippen molar-refractivity contribution < 1.29 is 20.1 Å². The Balaban J connectivity index is 1.75. The molecular formula is C35H45N3O4. The Morgan fingerprint density at radius 2 is 1.86 bits per heavy atom. The third-order valence-electron chi connectivity index (χ3n) is 9.26. The van der Waals surface area contributed by atoms with E-state index in [4.69, 9.17) is 5.73 Å². The predicted molar refractivity (Wildman–Crippen MR) is 172 cm³/mol. The van der Waals surface area contributed by atoms with Gasteiger partial charge in [0, 0.05) is 54.1 Å². The van der Waals surface area contributed by atoms with Gasteiger partial charge in [0.25, 0.3) is 0 Å². The summed E-state index contributed by atoms with van der Waals surface area (Å²) in [7, 11) is 3.92. The number of nitrogens with one attached hydrogen (secondary N) is 1. The van der Waals surface area contributed by atoms with E-state index in [1.807, 2.05) is 57.1 Å². The first kappa shape index (κ1) is 31.0. The van der Waals surface area contributed by atoms with Gasteiger partial charge in [0.15, 0.2) is 5.78 Å². The van der Waals surface area contributed by atoms with E-state index in [9.17, 15) is 20.1 Å². The molecule has 0 heterocycles. The van der Waals surface area contributed by atoms with Crippen LogP contribution in [0.4, 0.5) is 11.4 Å². The molecule has 224 valence electrons. The number of hydrogen-bond donors (Lipinski definition) is 5. The molecule has 0 fully saturated rings. The Bertz CT molecular complexity index is 1500. The summed E-state index contributed by atoms with van der Waals surface area (Å²) >= 11 is 0. The van der Waals surface area contributed by atoms with E-state index in [1.165, 1.54) is 5.56 Å². The summed E-state index contributed by atoms with van der Waals surface area (Å²) < 4.78 is 0. The Morgan fingerprint density at radius 3 is 2.43 bits per heavy atom. The number of nitrogens with zero attached hydrogens (tertiary/aromatic N) is 1. The molecule has 2 aromatic carbocycles. The van der Waals surface area contributed by atoms with E-state index < -0.39 is 16.8 Å². The number of carbonyl (C=O) groups excluding carboxylic acids is 1. The van der Waals surface area contributed by atoms with Crippen molar-refractivity contribution >= 4 is 22.7 Å². The molecule has 7 nitrogen and oxygen atoms in total. The fourth-order valence-corrected chi connectivity index (χ4v) is 6.96. The number of aliphatic hydroxyl groups excluding tert-OH is 1. The first-order chi connectivity index (χ1) is 19.6. The number of hydrogen-bond acceptors (Lipinski definition) is 7. The molecule has 2 aromatic rings. The SMILES string of the molecule is C=C(N)C1=C(C)C[C@](C)(CC2Cc3c(N(C)C)cc(NCCc4ccccc4)c(O)c3C(=C)/C2=C(/C)O)[C@@](C)(O)C1=O. The summed E-state index contributed by atoms with van der Waals surface area (Å²) in [6.45, 7) is 15.7. The van der Waals surface area contributed by atoms with Gasteiger partial charge < -0.3 is 31.3 Å². The maximum absolute atomic E-state index is 13.5. The van der Waals surface area contributed by atoms with Gasteiger partial charge in [-0.05, 0) is 75.1 Å². The Kier molecular flexibility index (Phi) is 8.38. The minimum absolute atomic E-state index is 0.0989. The van der Waals surface area contributed by atoms with Gasteiger partial charge in [-0.3, -0.25) is 4.79 Å². The van der Waals surface area contributed by atoms with Crippen LogP contribution in [0.2, 0.25) is 0 Å².